The Bertz CT molecular complexity index is 1070. The third-order valence-electron chi connectivity index (χ3n) is 5.22. The molecule has 0 aliphatic carbocycles. The minimum Gasteiger partial charge on any atom is -0.336 e. The maximum absolute atomic E-state index is 12.9. The lowest BCUT2D eigenvalue weighted by molar-refractivity contribution is -0.141. The molecule has 3 heterocycles. The number of benzene rings is 1. The third-order valence-corrected chi connectivity index (χ3v) is 6.74. The van der Waals surface area contributed by atoms with Crippen LogP contribution >= 0.6 is 34.5 Å². The Hall–Kier alpha value is -1.92. The Kier molecular flexibility index (Phi) is 6.20. The van der Waals surface area contributed by atoms with Crippen LogP contribution in [0.25, 0.3) is 17.0 Å². The van der Waals surface area contributed by atoms with Gasteiger partial charge in [-0.25, -0.2) is 0 Å². The number of amides is 1. The summed E-state index contributed by atoms with van der Waals surface area (Å²) in [6, 6.07) is 11.6. The average Bonchev–Trinajstić information content (AvgIpc) is 3.12. The third kappa shape index (κ3) is 4.64. The normalized spacial score (nSPS) is 18.2. The molecule has 2 aromatic heterocycles. The highest BCUT2D eigenvalue weighted by molar-refractivity contribution is 7.16. The van der Waals surface area contributed by atoms with Gasteiger partial charge in [0.15, 0.2) is 0 Å². The van der Waals surface area contributed by atoms with Gasteiger partial charge in [-0.15, -0.1) is 11.3 Å². The predicted molar refractivity (Wildman–Crippen MR) is 122 cm³/mol. The summed E-state index contributed by atoms with van der Waals surface area (Å²) in [4.78, 5) is 22.5. The van der Waals surface area contributed by atoms with Crippen molar-refractivity contribution in [2.45, 2.75) is 19.5 Å². The van der Waals surface area contributed by atoms with E-state index in [4.69, 9.17) is 23.2 Å². The van der Waals surface area contributed by atoms with Crippen molar-refractivity contribution in [2.75, 3.05) is 19.6 Å². The van der Waals surface area contributed by atoms with E-state index in [2.05, 4.69) is 22.0 Å². The first-order valence-corrected chi connectivity index (χ1v) is 11.1. The molecule has 4 rings (SSSR count). The fourth-order valence-corrected chi connectivity index (χ4v) is 4.79. The van der Waals surface area contributed by atoms with Gasteiger partial charge in [0.1, 0.15) is 0 Å². The van der Waals surface area contributed by atoms with E-state index in [0.717, 1.165) is 38.8 Å². The van der Waals surface area contributed by atoms with E-state index in [9.17, 15) is 4.79 Å². The predicted octanol–water partition coefficient (Wildman–Crippen LogP) is 5.35. The lowest BCUT2D eigenvalue weighted by Gasteiger charge is -2.38. The minimum absolute atomic E-state index is 0.145. The Morgan fingerprint density at radius 2 is 2.07 bits per heavy atom. The zero-order chi connectivity index (χ0) is 20.4. The summed E-state index contributed by atoms with van der Waals surface area (Å²) >= 11 is 13.7. The van der Waals surface area contributed by atoms with Gasteiger partial charge < -0.3 is 4.90 Å². The monoisotopic (exact) mass is 445 g/mol. The molecule has 1 aliphatic rings. The highest BCUT2D eigenvalue weighted by atomic mass is 35.5. The van der Waals surface area contributed by atoms with Crippen LogP contribution in [0.4, 0.5) is 0 Å². The number of hydrogen-bond acceptors (Lipinski definition) is 4. The zero-order valence-electron chi connectivity index (χ0n) is 16.0. The molecule has 0 bridgehead atoms. The van der Waals surface area contributed by atoms with Gasteiger partial charge in [0.25, 0.3) is 0 Å². The van der Waals surface area contributed by atoms with Crippen LogP contribution in [0.15, 0.2) is 48.7 Å². The van der Waals surface area contributed by atoms with E-state index >= 15 is 0 Å². The maximum Gasteiger partial charge on any atom is 0.239 e. The first-order chi connectivity index (χ1) is 14.0. The van der Waals surface area contributed by atoms with E-state index in [1.54, 1.807) is 23.6 Å². The van der Waals surface area contributed by atoms with Gasteiger partial charge in [0.05, 0.1) is 20.9 Å². The number of thiophene rings is 1. The molecular weight excluding hydrogens is 425 g/mol. The number of piperazine rings is 1. The summed E-state index contributed by atoms with van der Waals surface area (Å²) in [5.74, 6) is 0.156. The van der Waals surface area contributed by atoms with Crippen molar-refractivity contribution in [3.05, 3.63) is 68.5 Å². The molecule has 0 unspecified atom stereocenters. The number of rotatable bonds is 5. The van der Waals surface area contributed by atoms with Crippen LogP contribution in [-0.2, 0) is 11.3 Å². The van der Waals surface area contributed by atoms with Gasteiger partial charge >= 0.3 is 0 Å². The van der Waals surface area contributed by atoms with Crippen LogP contribution in [0.5, 0.6) is 0 Å². The second-order valence-electron chi connectivity index (χ2n) is 7.12. The second kappa shape index (κ2) is 8.84. The van der Waals surface area contributed by atoms with Gasteiger partial charge in [0, 0.05) is 42.6 Å². The average molecular weight is 446 g/mol. The molecule has 1 saturated heterocycles. The van der Waals surface area contributed by atoms with E-state index in [1.807, 2.05) is 42.2 Å². The number of aromatic nitrogens is 1. The molecular formula is C22H21Cl2N3OS. The number of fused-ring (bicyclic) bond motifs is 1. The van der Waals surface area contributed by atoms with E-state index in [0.29, 0.717) is 18.1 Å². The Balaban J connectivity index is 1.39. The largest absolute Gasteiger partial charge is 0.336 e. The molecule has 4 nitrogen and oxygen atoms in total. The first-order valence-electron chi connectivity index (χ1n) is 9.49. The fraction of sp³-hybridized carbons (Fsp3) is 0.273. The summed E-state index contributed by atoms with van der Waals surface area (Å²) in [5.41, 5.74) is 1.92. The molecule has 1 amide bonds. The van der Waals surface area contributed by atoms with Gasteiger partial charge in [-0.2, -0.15) is 0 Å². The summed E-state index contributed by atoms with van der Waals surface area (Å²) < 4.78 is 0.785. The molecule has 1 aliphatic heterocycles. The number of carbonyl (C=O) groups is 1. The molecule has 1 atom stereocenters. The number of halogens is 2. The summed E-state index contributed by atoms with van der Waals surface area (Å²) in [6.07, 6.45) is 5.87. The van der Waals surface area contributed by atoms with Gasteiger partial charge in [-0.3, -0.25) is 14.7 Å². The summed E-state index contributed by atoms with van der Waals surface area (Å²) in [6.45, 7) is 4.87. The standard InChI is InChI=1S/C22H21Cl2N3OS/c1-15-22(28)27(12-11-26(15)10-2-3-17-5-7-21(24)29-17)14-16-4-6-18-19(23)8-9-25-20(18)13-16/h2-9,13,15H,10-12,14H2,1H3/b3-2+/t15-/m0/s1. The van der Waals surface area contributed by atoms with Crippen molar-refractivity contribution in [1.82, 2.24) is 14.8 Å². The minimum atomic E-state index is -0.145. The lowest BCUT2D eigenvalue weighted by atomic mass is 10.1. The summed E-state index contributed by atoms with van der Waals surface area (Å²) in [5, 5.41) is 1.62. The number of pyridine rings is 1. The fourth-order valence-electron chi connectivity index (χ4n) is 3.58. The maximum atomic E-state index is 12.9. The molecule has 0 spiro atoms. The molecule has 0 N–H and O–H groups in total. The van der Waals surface area contributed by atoms with Crippen molar-refractivity contribution in [2.24, 2.45) is 0 Å². The van der Waals surface area contributed by atoms with Crippen molar-refractivity contribution in [3.8, 4) is 0 Å². The Morgan fingerprint density at radius 3 is 2.86 bits per heavy atom. The number of nitrogens with zero attached hydrogens (tertiary/aromatic N) is 3. The Labute approximate surface area is 184 Å². The second-order valence-corrected chi connectivity index (χ2v) is 9.27. The zero-order valence-corrected chi connectivity index (χ0v) is 18.3. The molecule has 3 aromatic rings. The van der Waals surface area contributed by atoms with Crippen molar-refractivity contribution in [3.63, 3.8) is 0 Å². The highest BCUT2D eigenvalue weighted by Gasteiger charge is 2.30. The summed E-state index contributed by atoms with van der Waals surface area (Å²) in [7, 11) is 0. The molecule has 150 valence electrons. The van der Waals surface area contributed by atoms with E-state index < -0.39 is 0 Å². The highest BCUT2D eigenvalue weighted by Crippen LogP contribution is 2.24. The molecule has 29 heavy (non-hydrogen) atoms. The SMILES string of the molecule is C[C@H]1C(=O)N(Cc2ccc3c(Cl)ccnc3c2)CCN1C/C=C/c1ccc(Cl)s1. The number of hydrogen-bond donors (Lipinski definition) is 0. The van der Waals surface area contributed by atoms with Crippen molar-refractivity contribution < 1.29 is 4.79 Å². The van der Waals surface area contributed by atoms with Crippen molar-refractivity contribution in [1.29, 1.82) is 0 Å². The van der Waals surface area contributed by atoms with Crippen LogP contribution in [-0.4, -0.2) is 46.4 Å². The molecule has 7 heteroatoms. The van der Waals surface area contributed by atoms with Crippen LogP contribution in [0.3, 0.4) is 0 Å². The van der Waals surface area contributed by atoms with Crippen LogP contribution in [0.1, 0.15) is 17.4 Å². The van der Waals surface area contributed by atoms with Crippen LogP contribution in [0, 0.1) is 0 Å². The smallest absolute Gasteiger partial charge is 0.239 e. The molecule has 1 aromatic carbocycles. The molecule has 0 saturated carbocycles. The van der Waals surface area contributed by atoms with Gasteiger partial charge in [0.2, 0.25) is 5.91 Å². The molecule has 1 fully saturated rings. The first kappa shape index (κ1) is 20.4. The van der Waals surface area contributed by atoms with Crippen LogP contribution < -0.4 is 0 Å². The van der Waals surface area contributed by atoms with Crippen molar-refractivity contribution >= 4 is 57.4 Å². The quantitative estimate of drug-likeness (QED) is 0.530. The van der Waals surface area contributed by atoms with Gasteiger partial charge in [-0.1, -0.05) is 41.4 Å². The van der Waals surface area contributed by atoms with E-state index in [-0.39, 0.29) is 11.9 Å². The Morgan fingerprint density at radius 1 is 1.21 bits per heavy atom. The topological polar surface area (TPSA) is 36.4 Å². The van der Waals surface area contributed by atoms with E-state index in [1.165, 1.54) is 0 Å². The number of carbonyl (C=O) groups excluding carboxylic acids is 1. The lowest BCUT2D eigenvalue weighted by Crippen LogP contribution is -2.55. The van der Waals surface area contributed by atoms with Gasteiger partial charge in [-0.05, 0) is 42.8 Å². The van der Waals surface area contributed by atoms with Crippen LogP contribution in [0.2, 0.25) is 9.36 Å². The molecule has 0 radical (unpaired) electrons.